The Balaban J connectivity index is 0.000000167. The summed E-state index contributed by atoms with van der Waals surface area (Å²) in [5.74, 6) is -0.827. The molecule has 382 valence electrons. The monoisotopic (exact) mass is 1060 g/mol. The lowest BCUT2D eigenvalue weighted by atomic mass is 9.89. The predicted molar refractivity (Wildman–Crippen MR) is 290 cm³/mol. The van der Waals surface area contributed by atoms with Crippen LogP contribution in [0.3, 0.4) is 0 Å². The zero-order valence-electron chi connectivity index (χ0n) is 40.5. The number of benzene rings is 8. The number of ether oxygens (including phenoxy) is 2. The maximum absolute atomic E-state index is 15.0. The average Bonchev–Trinajstić information content (AvgIpc) is 3.39. The Hall–Kier alpha value is -6.09. The Morgan fingerprint density at radius 1 is 0.527 bits per heavy atom. The summed E-state index contributed by atoms with van der Waals surface area (Å²) < 4.78 is 84.3. The van der Waals surface area contributed by atoms with Gasteiger partial charge in [-0.05, 0) is 167 Å². The molecule has 4 aliphatic rings. The van der Waals surface area contributed by atoms with Gasteiger partial charge in [0.15, 0.2) is 0 Å². The van der Waals surface area contributed by atoms with Crippen molar-refractivity contribution in [3.63, 3.8) is 0 Å². The number of nitrogens with zero attached hydrogens (tertiary/aromatic N) is 2. The summed E-state index contributed by atoms with van der Waals surface area (Å²) in [6.07, 6.45) is 7.61. The highest BCUT2D eigenvalue weighted by Crippen LogP contribution is 2.55. The number of hydrogen-bond donors (Lipinski definition) is 2. The summed E-state index contributed by atoms with van der Waals surface area (Å²) in [5.41, 5.74) is 5.80. The summed E-state index contributed by atoms with van der Waals surface area (Å²) in [6.45, 7) is 7.58. The summed E-state index contributed by atoms with van der Waals surface area (Å²) >= 11 is 1.40. The second-order valence-electron chi connectivity index (χ2n) is 19.2. The third-order valence-corrected chi connectivity index (χ3v) is 17.6. The van der Waals surface area contributed by atoms with Crippen LogP contribution in [0, 0.1) is 23.3 Å². The van der Waals surface area contributed by atoms with Crippen LogP contribution in [0.15, 0.2) is 143 Å². The van der Waals surface area contributed by atoms with Gasteiger partial charge in [-0.25, -0.2) is 17.6 Å². The maximum atomic E-state index is 15.0. The molecule has 7 nitrogen and oxygen atoms in total. The van der Waals surface area contributed by atoms with E-state index in [0.29, 0.717) is 34.8 Å². The van der Waals surface area contributed by atoms with Gasteiger partial charge in [-0.2, -0.15) is 0 Å². The fraction of sp³-hybridized carbons (Fsp3) is 0.267. The van der Waals surface area contributed by atoms with Crippen molar-refractivity contribution in [2.75, 3.05) is 52.5 Å². The van der Waals surface area contributed by atoms with E-state index in [4.69, 9.17) is 9.47 Å². The Morgan fingerprint density at radius 3 is 1.57 bits per heavy atom. The molecule has 0 spiro atoms. The first kappa shape index (κ1) is 51.4. The Kier molecular flexibility index (Phi) is 15.6. The molecule has 4 aliphatic heterocycles. The summed E-state index contributed by atoms with van der Waals surface area (Å²) in [7, 11) is -1.81. The van der Waals surface area contributed by atoms with Crippen LogP contribution in [0.25, 0.3) is 43.8 Å². The number of phenols is 2. The number of rotatable bonds is 10. The molecule has 0 aliphatic carbocycles. The lowest BCUT2D eigenvalue weighted by Crippen LogP contribution is -2.33. The molecule has 0 radical (unpaired) electrons. The van der Waals surface area contributed by atoms with Gasteiger partial charge in [0.25, 0.3) is 0 Å². The van der Waals surface area contributed by atoms with Crippen LogP contribution in [0.4, 0.5) is 17.6 Å². The SMILES string of the molecule is Cl.O=S1c2c(F)cc(F)cc2-c2ccc3cc(O)ccc3c2C1c1ccc(OCCN2CCCCC2)cc1.Oc1ccc2c3c(ccc2c1)-c1cc(F)cc(F)c1SC3c1ccc(OCCN2CCCCC2)cc1. The van der Waals surface area contributed by atoms with E-state index < -0.39 is 39.3 Å². The minimum absolute atomic E-state index is 0. The molecule has 12 rings (SSSR count). The van der Waals surface area contributed by atoms with Crippen molar-refractivity contribution in [1.29, 1.82) is 0 Å². The molecular weight excluding hydrogens is 1000 g/mol. The maximum Gasteiger partial charge on any atom is 0.142 e. The Bertz CT molecular complexity index is 3370. The number of hydrogen-bond acceptors (Lipinski definition) is 8. The van der Waals surface area contributed by atoms with Crippen LogP contribution in [0.2, 0.25) is 0 Å². The highest BCUT2D eigenvalue weighted by Gasteiger charge is 2.37. The lowest BCUT2D eigenvalue weighted by molar-refractivity contribution is 0.183. The minimum atomic E-state index is -1.81. The van der Waals surface area contributed by atoms with Crippen molar-refractivity contribution in [2.24, 2.45) is 0 Å². The molecular formula is C60H55ClF4N2O5S2. The number of phenolic OH excluding ortho intramolecular Hbond substituents is 2. The molecule has 2 N–H and O–H groups in total. The van der Waals surface area contributed by atoms with E-state index in [1.807, 2.05) is 72.8 Å². The quantitative estimate of drug-likeness (QED) is 0.131. The molecule has 0 amide bonds. The summed E-state index contributed by atoms with van der Waals surface area (Å²) in [4.78, 5) is 5.33. The first-order valence-electron chi connectivity index (χ1n) is 25.0. The van der Waals surface area contributed by atoms with E-state index in [-0.39, 0.29) is 34.1 Å². The minimum Gasteiger partial charge on any atom is -0.508 e. The predicted octanol–water partition coefficient (Wildman–Crippen LogP) is 14.5. The van der Waals surface area contributed by atoms with Crippen LogP contribution in [0.5, 0.6) is 23.0 Å². The van der Waals surface area contributed by atoms with Crippen molar-refractivity contribution >= 4 is 56.5 Å². The van der Waals surface area contributed by atoms with Crippen LogP contribution >= 0.6 is 24.2 Å². The third-order valence-electron chi connectivity index (χ3n) is 14.5. The zero-order valence-corrected chi connectivity index (χ0v) is 43.0. The molecule has 3 atom stereocenters. The number of thioether (sulfide) groups is 1. The van der Waals surface area contributed by atoms with Gasteiger partial charge in [-0.15, -0.1) is 24.2 Å². The van der Waals surface area contributed by atoms with Gasteiger partial charge >= 0.3 is 0 Å². The fourth-order valence-corrected chi connectivity index (χ4v) is 14.0. The molecule has 0 bridgehead atoms. The average molecular weight is 1060 g/mol. The van der Waals surface area contributed by atoms with Crippen LogP contribution < -0.4 is 9.47 Å². The molecule has 74 heavy (non-hydrogen) atoms. The summed E-state index contributed by atoms with van der Waals surface area (Å²) in [5, 5.41) is 22.6. The van der Waals surface area contributed by atoms with Gasteiger partial charge < -0.3 is 19.7 Å². The Labute approximate surface area is 441 Å². The molecule has 0 saturated carbocycles. The molecule has 2 saturated heterocycles. The van der Waals surface area contributed by atoms with Crippen molar-refractivity contribution in [2.45, 2.75) is 58.8 Å². The van der Waals surface area contributed by atoms with Crippen LogP contribution in [-0.2, 0) is 10.8 Å². The van der Waals surface area contributed by atoms with Gasteiger partial charge in [-0.3, -0.25) is 14.0 Å². The first-order chi connectivity index (χ1) is 35.6. The number of aromatic hydroxyl groups is 2. The van der Waals surface area contributed by atoms with Crippen molar-refractivity contribution < 1.29 is 41.5 Å². The Morgan fingerprint density at radius 2 is 1.01 bits per heavy atom. The van der Waals surface area contributed by atoms with Gasteiger partial charge in [0, 0.05) is 36.3 Å². The van der Waals surface area contributed by atoms with Crippen molar-refractivity contribution in [3.8, 4) is 45.3 Å². The highest BCUT2D eigenvalue weighted by atomic mass is 35.5. The van der Waals surface area contributed by atoms with E-state index in [2.05, 4.69) is 9.80 Å². The van der Waals surface area contributed by atoms with Crippen LogP contribution in [0.1, 0.15) is 71.3 Å². The lowest BCUT2D eigenvalue weighted by Gasteiger charge is -2.29. The standard InChI is InChI=1S/C30H27F2NO3S.C30H27F2NO2S.ClH/c31-21-17-26-25-10-6-20-16-22(34)7-11-24(20)28(25)29(37(35)30(26)27(32)18-21)19-4-8-23(9-5-19)36-15-14-33-12-2-1-3-13-33;31-21-17-26-25-10-6-20-16-22(34)7-11-24(20)28(25)29(36-30(26)27(32)18-21)19-4-8-23(9-5-19)35-15-14-33-12-2-1-3-13-33;/h4-11,16-18,29,34H,1-3,12-15H2;4-11,16-18,29,34H,1-3,12-15H2;1H. The summed E-state index contributed by atoms with van der Waals surface area (Å²) in [6, 6.07) is 37.5. The van der Waals surface area contributed by atoms with E-state index in [1.165, 1.54) is 62.4 Å². The number of fused-ring (bicyclic) bond motifs is 10. The van der Waals surface area contributed by atoms with Crippen molar-refractivity contribution in [3.05, 3.63) is 179 Å². The van der Waals surface area contributed by atoms with Gasteiger partial charge in [0.1, 0.15) is 59.5 Å². The number of likely N-dealkylation sites (tertiary alicyclic amines) is 2. The number of halogens is 5. The number of piperidine rings is 2. The van der Waals surface area contributed by atoms with Crippen molar-refractivity contribution in [1.82, 2.24) is 9.80 Å². The van der Waals surface area contributed by atoms with Gasteiger partial charge in [0.05, 0.1) is 31.1 Å². The van der Waals surface area contributed by atoms with E-state index in [0.717, 1.165) is 112 Å². The molecule has 4 heterocycles. The molecule has 14 heteroatoms. The topological polar surface area (TPSA) is 82.5 Å². The van der Waals surface area contributed by atoms with Crippen LogP contribution in [-0.4, -0.2) is 76.7 Å². The molecule has 8 aromatic rings. The van der Waals surface area contributed by atoms with E-state index in [9.17, 15) is 32.0 Å². The second kappa shape index (κ2) is 22.4. The largest absolute Gasteiger partial charge is 0.508 e. The normalized spacial score (nSPS) is 18.2. The highest BCUT2D eigenvalue weighted by molar-refractivity contribution is 8.00. The van der Waals surface area contributed by atoms with Gasteiger partial charge in [0.2, 0.25) is 0 Å². The van der Waals surface area contributed by atoms with E-state index in [1.54, 1.807) is 36.4 Å². The molecule has 8 aromatic carbocycles. The smallest absolute Gasteiger partial charge is 0.142 e. The van der Waals surface area contributed by atoms with E-state index >= 15 is 0 Å². The zero-order chi connectivity index (χ0) is 50.2. The molecule has 0 aromatic heterocycles. The fourth-order valence-electron chi connectivity index (χ4n) is 10.9. The molecule has 2 fully saturated rings. The first-order valence-corrected chi connectivity index (χ1v) is 27.1. The second-order valence-corrected chi connectivity index (χ2v) is 21.8. The van der Waals surface area contributed by atoms with Gasteiger partial charge in [-0.1, -0.05) is 73.5 Å². The third kappa shape index (κ3) is 10.6. The molecule has 3 unspecified atom stereocenters.